The zero-order valence-electron chi connectivity index (χ0n) is 9.42. The second-order valence-corrected chi connectivity index (χ2v) is 3.89. The Morgan fingerprint density at radius 1 is 1.18 bits per heavy atom. The fourth-order valence-electron chi connectivity index (χ4n) is 1.75. The summed E-state index contributed by atoms with van der Waals surface area (Å²) in [6.07, 6.45) is -2.87. The van der Waals surface area contributed by atoms with Crippen LogP contribution in [0, 0.1) is 6.92 Å². The van der Waals surface area contributed by atoms with Gasteiger partial charge >= 0.3 is 6.18 Å². The molecule has 0 fully saturated rings. The van der Waals surface area contributed by atoms with Crippen LogP contribution in [-0.4, -0.2) is 9.78 Å². The van der Waals surface area contributed by atoms with Crippen molar-refractivity contribution in [3.8, 4) is 11.3 Å². The molecule has 0 aliphatic rings. The minimum atomic E-state index is -4.36. The molecule has 0 radical (unpaired) electrons. The number of hydrogen-bond acceptors (Lipinski definition) is 1. The zero-order valence-corrected chi connectivity index (χ0v) is 9.42. The Kier molecular flexibility index (Phi) is 2.69. The number of benzene rings is 1. The Morgan fingerprint density at radius 3 is 2.41 bits per heavy atom. The number of halogens is 3. The van der Waals surface area contributed by atoms with Crippen LogP contribution in [0.3, 0.4) is 0 Å². The van der Waals surface area contributed by atoms with E-state index in [1.165, 1.54) is 16.9 Å². The SMILES string of the molecule is Cc1ccc(-c2ccnn2C)c(C(F)(F)F)c1. The van der Waals surface area contributed by atoms with E-state index in [-0.39, 0.29) is 5.56 Å². The third-order valence-electron chi connectivity index (χ3n) is 2.58. The first-order valence-electron chi connectivity index (χ1n) is 5.06. The van der Waals surface area contributed by atoms with Crippen LogP contribution in [0.1, 0.15) is 11.1 Å². The summed E-state index contributed by atoms with van der Waals surface area (Å²) < 4.78 is 40.2. The number of rotatable bonds is 1. The standard InChI is InChI=1S/C12H11F3N2/c1-8-3-4-9(10(7-8)12(13,14)15)11-5-6-16-17(11)2/h3-7H,1-2H3. The van der Waals surface area contributed by atoms with Crippen LogP contribution in [0.2, 0.25) is 0 Å². The quantitative estimate of drug-likeness (QED) is 0.746. The molecule has 1 aromatic carbocycles. The Labute approximate surface area is 96.7 Å². The van der Waals surface area contributed by atoms with Gasteiger partial charge in [0.2, 0.25) is 0 Å². The van der Waals surface area contributed by atoms with Gasteiger partial charge in [0.1, 0.15) is 0 Å². The number of hydrogen-bond donors (Lipinski definition) is 0. The zero-order chi connectivity index (χ0) is 12.6. The maximum absolute atomic E-state index is 12.9. The molecule has 2 rings (SSSR count). The third kappa shape index (κ3) is 2.18. The molecule has 17 heavy (non-hydrogen) atoms. The molecule has 90 valence electrons. The van der Waals surface area contributed by atoms with E-state index in [1.54, 1.807) is 26.1 Å². The van der Waals surface area contributed by atoms with Gasteiger partial charge in [-0.2, -0.15) is 18.3 Å². The van der Waals surface area contributed by atoms with E-state index in [0.717, 1.165) is 6.07 Å². The second kappa shape index (κ2) is 3.91. The second-order valence-electron chi connectivity index (χ2n) is 3.89. The first kappa shape index (κ1) is 11.7. The number of alkyl halides is 3. The highest BCUT2D eigenvalue weighted by molar-refractivity contribution is 5.65. The molecular weight excluding hydrogens is 229 g/mol. The minimum absolute atomic E-state index is 0.156. The maximum Gasteiger partial charge on any atom is 0.417 e. The van der Waals surface area contributed by atoms with Crippen LogP contribution < -0.4 is 0 Å². The molecule has 0 aliphatic carbocycles. The summed E-state index contributed by atoms with van der Waals surface area (Å²) in [7, 11) is 1.62. The average molecular weight is 240 g/mol. The number of nitrogens with zero attached hydrogens (tertiary/aromatic N) is 2. The fourth-order valence-corrected chi connectivity index (χ4v) is 1.75. The molecule has 0 saturated heterocycles. The Bertz CT molecular complexity index is 541. The lowest BCUT2D eigenvalue weighted by Crippen LogP contribution is -2.09. The summed E-state index contributed by atoms with van der Waals surface area (Å²) in [5, 5.41) is 3.89. The summed E-state index contributed by atoms with van der Waals surface area (Å²) in [5.41, 5.74) is 0.574. The van der Waals surface area contributed by atoms with Crippen LogP contribution >= 0.6 is 0 Å². The van der Waals surface area contributed by atoms with Gasteiger partial charge in [0, 0.05) is 18.8 Å². The van der Waals surface area contributed by atoms with E-state index in [1.807, 2.05) is 0 Å². The van der Waals surface area contributed by atoms with E-state index in [4.69, 9.17) is 0 Å². The molecule has 0 unspecified atom stereocenters. The third-order valence-corrected chi connectivity index (χ3v) is 2.58. The summed E-state index contributed by atoms with van der Waals surface area (Å²) in [6.45, 7) is 1.64. The molecule has 1 aromatic heterocycles. The normalized spacial score (nSPS) is 11.8. The van der Waals surface area contributed by atoms with Gasteiger partial charge in [-0.1, -0.05) is 17.7 Å². The molecule has 2 nitrogen and oxygen atoms in total. The summed E-state index contributed by atoms with van der Waals surface area (Å²) >= 11 is 0. The van der Waals surface area contributed by atoms with Gasteiger partial charge < -0.3 is 0 Å². The van der Waals surface area contributed by atoms with Gasteiger partial charge in [0.15, 0.2) is 0 Å². The van der Waals surface area contributed by atoms with Crippen molar-refractivity contribution in [3.05, 3.63) is 41.6 Å². The van der Waals surface area contributed by atoms with E-state index in [9.17, 15) is 13.2 Å². The molecule has 0 saturated carbocycles. The van der Waals surface area contributed by atoms with Crippen molar-refractivity contribution in [1.29, 1.82) is 0 Å². The highest BCUT2D eigenvalue weighted by Gasteiger charge is 2.34. The van der Waals surface area contributed by atoms with Crippen LogP contribution in [0.15, 0.2) is 30.5 Å². The molecule has 0 atom stereocenters. The smallest absolute Gasteiger partial charge is 0.268 e. The van der Waals surface area contributed by atoms with Crippen molar-refractivity contribution in [1.82, 2.24) is 9.78 Å². The van der Waals surface area contributed by atoms with Crippen molar-refractivity contribution in [2.75, 3.05) is 0 Å². The van der Waals surface area contributed by atoms with Gasteiger partial charge in [0.05, 0.1) is 11.3 Å². The lowest BCUT2D eigenvalue weighted by Gasteiger charge is -2.13. The number of aryl methyl sites for hydroxylation is 2. The molecular formula is C12H11F3N2. The van der Waals surface area contributed by atoms with Crippen molar-refractivity contribution in [3.63, 3.8) is 0 Å². The molecule has 0 bridgehead atoms. The van der Waals surface area contributed by atoms with Crippen molar-refractivity contribution in [2.45, 2.75) is 13.1 Å². The average Bonchev–Trinajstić information content (AvgIpc) is 2.63. The van der Waals surface area contributed by atoms with Crippen molar-refractivity contribution in [2.24, 2.45) is 7.05 Å². The molecule has 5 heteroatoms. The lowest BCUT2D eigenvalue weighted by atomic mass is 10.0. The molecule has 0 spiro atoms. The molecule has 1 heterocycles. The molecule has 0 aliphatic heterocycles. The summed E-state index contributed by atoms with van der Waals surface area (Å²) in [6, 6.07) is 5.87. The van der Waals surface area contributed by atoms with Gasteiger partial charge in [-0.3, -0.25) is 4.68 Å². The predicted molar refractivity (Wildman–Crippen MR) is 58.4 cm³/mol. The van der Waals surface area contributed by atoms with Gasteiger partial charge in [-0.25, -0.2) is 0 Å². The molecule has 0 amide bonds. The minimum Gasteiger partial charge on any atom is -0.268 e. The Hall–Kier alpha value is -1.78. The predicted octanol–water partition coefficient (Wildman–Crippen LogP) is 3.41. The largest absolute Gasteiger partial charge is 0.417 e. The fraction of sp³-hybridized carbons (Fsp3) is 0.250. The van der Waals surface area contributed by atoms with E-state index in [2.05, 4.69) is 5.10 Å². The van der Waals surface area contributed by atoms with Crippen molar-refractivity contribution >= 4 is 0 Å². The highest BCUT2D eigenvalue weighted by Crippen LogP contribution is 2.37. The van der Waals surface area contributed by atoms with Crippen LogP contribution in [0.5, 0.6) is 0 Å². The lowest BCUT2D eigenvalue weighted by molar-refractivity contribution is -0.137. The van der Waals surface area contributed by atoms with Crippen LogP contribution in [-0.2, 0) is 13.2 Å². The van der Waals surface area contributed by atoms with Crippen LogP contribution in [0.4, 0.5) is 13.2 Å². The maximum atomic E-state index is 12.9. The van der Waals surface area contributed by atoms with E-state index >= 15 is 0 Å². The first-order chi connectivity index (χ1) is 7.89. The van der Waals surface area contributed by atoms with E-state index in [0.29, 0.717) is 11.3 Å². The van der Waals surface area contributed by atoms with Gasteiger partial charge in [0.25, 0.3) is 0 Å². The number of aromatic nitrogens is 2. The van der Waals surface area contributed by atoms with Crippen molar-refractivity contribution < 1.29 is 13.2 Å². The molecule has 0 N–H and O–H groups in total. The van der Waals surface area contributed by atoms with Crippen LogP contribution in [0.25, 0.3) is 11.3 Å². The monoisotopic (exact) mass is 240 g/mol. The summed E-state index contributed by atoms with van der Waals surface area (Å²) in [4.78, 5) is 0. The highest BCUT2D eigenvalue weighted by atomic mass is 19.4. The Morgan fingerprint density at radius 2 is 1.88 bits per heavy atom. The first-order valence-corrected chi connectivity index (χ1v) is 5.06. The van der Waals surface area contributed by atoms with Gasteiger partial charge in [-0.05, 0) is 19.1 Å². The topological polar surface area (TPSA) is 17.8 Å². The summed E-state index contributed by atoms with van der Waals surface area (Å²) in [5.74, 6) is 0. The molecule has 2 aromatic rings. The van der Waals surface area contributed by atoms with E-state index < -0.39 is 11.7 Å². The Balaban J connectivity index is 2.67. The van der Waals surface area contributed by atoms with Gasteiger partial charge in [-0.15, -0.1) is 0 Å².